The van der Waals surface area contributed by atoms with Gasteiger partial charge in [0, 0.05) is 40.1 Å². The largest absolute Gasteiger partial charge is 0.383 e. The summed E-state index contributed by atoms with van der Waals surface area (Å²) in [6.07, 6.45) is 3.03. The molecule has 1 atom stereocenters. The van der Waals surface area contributed by atoms with Gasteiger partial charge in [-0.3, -0.25) is 0 Å². The third kappa shape index (κ3) is 3.91. The summed E-state index contributed by atoms with van der Waals surface area (Å²) in [5.74, 6) is 1.06. The summed E-state index contributed by atoms with van der Waals surface area (Å²) in [6, 6.07) is 2.65. The molecule has 0 saturated carbocycles. The molecule has 1 fully saturated rings. The van der Waals surface area contributed by atoms with E-state index in [4.69, 9.17) is 9.47 Å². The van der Waals surface area contributed by atoms with Crippen LogP contribution in [0.2, 0.25) is 0 Å². The maximum atomic E-state index is 5.45. The van der Waals surface area contributed by atoms with Gasteiger partial charge in [0.2, 0.25) is 0 Å². The van der Waals surface area contributed by atoms with Crippen LogP contribution in [0.15, 0.2) is 12.3 Å². The van der Waals surface area contributed by atoms with Gasteiger partial charge < -0.3 is 19.7 Å². The molecule has 1 aromatic heterocycles. The van der Waals surface area contributed by atoms with Gasteiger partial charge in [-0.05, 0) is 30.5 Å². The lowest BCUT2D eigenvalue weighted by Gasteiger charge is -2.26. The number of hydrogen-bond donors (Lipinski definition) is 1. The number of hydrogen-bond acceptors (Lipinski definition) is 5. The van der Waals surface area contributed by atoms with Crippen LogP contribution in [0.3, 0.4) is 0 Å². The van der Waals surface area contributed by atoms with Gasteiger partial charge >= 0.3 is 0 Å². The smallest absolute Gasteiger partial charge is 0.131 e. The van der Waals surface area contributed by atoms with Crippen LogP contribution >= 0.6 is 0 Å². The monoisotopic (exact) mass is 279 g/mol. The minimum atomic E-state index is 0.451. The van der Waals surface area contributed by atoms with Crippen molar-refractivity contribution in [1.29, 1.82) is 0 Å². The quantitative estimate of drug-likeness (QED) is 0.764. The Balaban J connectivity index is 1.94. The highest BCUT2D eigenvalue weighted by atomic mass is 16.5. The molecule has 2 heterocycles. The minimum Gasteiger partial charge on any atom is -0.383 e. The van der Waals surface area contributed by atoms with Crippen LogP contribution < -0.4 is 10.2 Å². The van der Waals surface area contributed by atoms with Crippen molar-refractivity contribution in [3.8, 4) is 0 Å². The third-order valence-corrected chi connectivity index (χ3v) is 3.71. The Morgan fingerprint density at radius 3 is 3.05 bits per heavy atom. The fourth-order valence-electron chi connectivity index (χ4n) is 2.50. The maximum Gasteiger partial charge on any atom is 0.131 e. The third-order valence-electron chi connectivity index (χ3n) is 3.71. The molecule has 1 aliphatic rings. The lowest BCUT2D eigenvalue weighted by molar-refractivity contribution is 0.193. The van der Waals surface area contributed by atoms with Gasteiger partial charge in [-0.15, -0.1) is 0 Å². The summed E-state index contributed by atoms with van der Waals surface area (Å²) in [5, 5.41) is 3.34. The number of ether oxygens (including phenoxy) is 2. The Morgan fingerprint density at radius 2 is 2.40 bits per heavy atom. The number of aryl methyl sites for hydroxylation is 1. The van der Waals surface area contributed by atoms with Crippen molar-refractivity contribution in [1.82, 2.24) is 10.3 Å². The second kappa shape index (κ2) is 7.57. The van der Waals surface area contributed by atoms with Crippen LogP contribution in [0, 0.1) is 6.92 Å². The number of nitrogens with zero attached hydrogens (tertiary/aromatic N) is 2. The van der Waals surface area contributed by atoms with Gasteiger partial charge in [0.25, 0.3) is 0 Å². The normalized spacial score (nSPS) is 18.4. The number of nitrogens with one attached hydrogen (secondary N) is 1. The molecule has 5 heteroatoms. The zero-order chi connectivity index (χ0) is 14.4. The van der Waals surface area contributed by atoms with Crippen molar-refractivity contribution >= 4 is 5.82 Å². The van der Waals surface area contributed by atoms with E-state index in [1.54, 1.807) is 7.11 Å². The molecule has 0 aliphatic carbocycles. The highest BCUT2D eigenvalue weighted by Gasteiger charge is 2.22. The molecular formula is C15H25N3O2. The predicted octanol–water partition coefficient (Wildman–Crippen LogP) is 1.35. The van der Waals surface area contributed by atoms with Crippen LogP contribution in [0.1, 0.15) is 17.5 Å². The van der Waals surface area contributed by atoms with Gasteiger partial charge in [-0.25, -0.2) is 4.98 Å². The van der Waals surface area contributed by atoms with Gasteiger partial charge in [0.05, 0.1) is 19.3 Å². The first kappa shape index (κ1) is 15.2. The highest BCUT2D eigenvalue weighted by molar-refractivity contribution is 5.47. The lowest BCUT2D eigenvalue weighted by atomic mass is 10.1. The number of likely N-dealkylation sites (N-methyl/N-ethyl adjacent to an activating group) is 1. The molecule has 1 N–H and O–H groups in total. The molecule has 112 valence electrons. The maximum absolute atomic E-state index is 5.45. The molecule has 0 aromatic carbocycles. The van der Waals surface area contributed by atoms with E-state index in [-0.39, 0.29) is 0 Å². The van der Waals surface area contributed by atoms with Crippen molar-refractivity contribution in [2.24, 2.45) is 0 Å². The van der Waals surface area contributed by atoms with Crippen molar-refractivity contribution < 1.29 is 9.47 Å². The molecule has 1 saturated heterocycles. The molecule has 1 aromatic rings. The van der Waals surface area contributed by atoms with Gasteiger partial charge in [0.15, 0.2) is 0 Å². The van der Waals surface area contributed by atoms with Crippen molar-refractivity contribution in [3.05, 3.63) is 23.4 Å². The zero-order valence-corrected chi connectivity index (χ0v) is 12.7. The first-order valence-electron chi connectivity index (χ1n) is 7.18. The topological polar surface area (TPSA) is 46.6 Å². The molecule has 5 nitrogen and oxygen atoms in total. The van der Waals surface area contributed by atoms with E-state index < -0.39 is 0 Å². The predicted molar refractivity (Wildman–Crippen MR) is 80.2 cm³/mol. The molecule has 0 bridgehead atoms. The molecule has 1 unspecified atom stereocenters. The van der Waals surface area contributed by atoms with Gasteiger partial charge in [-0.2, -0.15) is 0 Å². The number of anilines is 1. The van der Waals surface area contributed by atoms with E-state index in [1.807, 2.05) is 6.20 Å². The second-order valence-corrected chi connectivity index (χ2v) is 5.28. The lowest BCUT2D eigenvalue weighted by Crippen LogP contribution is -2.33. The fraction of sp³-hybridized carbons (Fsp3) is 0.667. The Kier molecular flexibility index (Phi) is 5.76. The van der Waals surface area contributed by atoms with Crippen LogP contribution in [0.25, 0.3) is 0 Å². The van der Waals surface area contributed by atoms with E-state index in [0.717, 1.165) is 45.1 Å². The first-order chi connectivity index (χ1) is 9.72. The van der Waals surface area contributed by atoms with Crippen molar-refractivity contribution in [2.45, 2.75) is 25.9 Å². The molecular weight excluding hydrogens is 254 g/mol. The van der Waals surface area contributed by atoms with E-state index in [0.29, 0.717) is 6.04 Å². The van der Waals surface area contributed by atoms with Crippen LogP contribution in [-0.4, -0.2) is 51.5 Å². The van der Waals surface area contributed by atoms with E-state index in [2.05, 4.69) is 35.2 Å². The van der Waals surface area contributed by atoms with Crippen LogP contribution in [-0.2, 0) is 16.0 Å². The van der Waals surface area contributed by atoms with E-state index in [9.17, 15) is 0 Å². The highest BCUT2D eigenvalue weighted by Crippen LogP contribution is 2.22. The number of aromatic nitrogens is 1. The molecule has 0 radical (unpaired) electrons. The summed E-state index contributed by atoms with van der Waals surface area (Å²) in [4.78, 5) is 6.86. The standard InChI is InChI=1S/C15H25N3O2/c1-12-8-13(9-16-5-7-19-3)10-17-15(12)18(2)14-4-6-20-11-14/h8,10,14,16H,4-7,9,11H2,1-3H3. The SMILES string of the molecule is COCCNCc1cnc(N(C)C2CCOC2)c(C)c1. The Labute approximate surface area is 121 Å². The summed E-state index contributed by atoms with van der Waals surface area (Å²) in [5.41, 5.74) is 2.42. The van der Waals surface area contributed by atoms with Crippen molar-refractivity contribution in [2.75, 3.05) is 45.4 Å². The van der Waals surface area contributed by atoms with Gasteiger partial charge in [0.1, 0.15) is 5.82 Å². The Hall–Kier alpha value is -1.17. The zero-order valence-electron chi connectivity index (χ0n) is 12.7. The van der Waals surface area contributed by atoms with Gasteiger partial charge in [-0.1, -0.05) is 0 Å². The van der Waals surface area contributed by atoms with Crippen molar-refractivity contribution in [3.63, 3.8) is 0 Å². The van der Waals surface area contributed by atoms with E-state index >= 15 is 0 Å². The summed E-state index contributed by atoms with van der Waals surface area (Å²) >= 11 is 0. The fourth-order valence-corrected chi connectivity index (χ4v) is 2.50. The summed E-state index contributed by atoms with van der Waals surface area (Å²) < 4.78 is 10.5. The number of methoxy groups -OCH3 is 1. The Bertz CT molecular complexity index is 420. The number of rotatable bonds is 7. The number of pyridine rings is 1. The molecule has 0 spiro atoms. The van der Waals surface area contributed by atoms with E-state index in [1.165, 1.54) is 11.1 Å². The molecule has 2 rings (SSSR count). The Morgan fingerprint density at radius 1 is 1.55 bits per heavy atom. The van der Waals surface area contributed by atoms with Crippen LogP contribution in [0.5, 0.6) is 0 Å². The minimum absolute atomic E-state index is 0.451. The first-order valence-corrected chi connectivity index (χ1v) is 7.18. The summed E-state index contributed by atoms with van der Waals surface area (Å²) in [7, 11) is 3.82. The van der Waals surface area contributed by atoms with Crippen LogP contribution in [0.4, 0.5) is 5.82 Å². The molecule has 20 heavy (non-hydrogen) atoms. The molecule has 1 aliphatic heterocycles. The average molecular weight is 279 g/mol. The second-order valence-electron chi connectivity index (χ2n) is 5.28. The average Bonchev–Trinajstić information content (AvgIpc) is 2.97. The summed E-state index contributed by atoms with van der Waals surface area (Å²) in [6.45, 7) is 6.19. The molecule has 0 amide bonds.